The summed E-state index contributed by atoms with van der Waals surface area (Å²) >= 11 is 1.64. The normalized spacial score (nSPS) is 12.6. The van der Waals surface area contributed by atoms with Crippen molar-refractivity contribution in [3.63, 3.8) is 0 Å². The number of hydrogen-bond donors (Lipinski definition) is 1. The van der Waals surface area contributed by atoms with Crippen LogP contribution in [0.1, 0.15) is 28.8 Å². The van der Waals surface area contributed by atoms with E-state index in [1.54, 1.807) is 35.8 Å². The zero-order valence-corrected chi connectivity index (χ0v) is 14.4. The lowest BCUT2D eigenvalue weighted by molar-refractivity contribution is -0.116. The molecule has 3 heterocycles. The third-order valence-corrected chi connectivity index (χ3v) is 4.38. The van der Waals surface area contributed by atoms with Gasteiger partial charge in [0.05, 0.1) is 18.0 Å². The second-order valence-corrected chi connectivity index (χ2v) is 6.32. The van der Waals surface area contributed by atoms with Gasteiger partial charge in [-0.05, 0) is 60.5 Å². The smallest absolute Gasteiger partial charge is 0.244 e. The highest BCUT2D eigenvalue weighted by molar-refractivity contribution is 7.07. The van der Waals surface area contributed by atoms with Crippen molar-refractivity contribution in [1.29, 1.82) is 0 Å². The van der Waals surface area contributed by atoms with E-state index < -0.39 is 0 Å². The second-order valence-electron chi connectivity index (χ2n) is 5.54. The number of amides is 1. The van der Waals surface area contributed by atoms with Crippen LogP contribution < -0.4 is 5.32 Å². The fourth-order valence-electron chi connectivity index (χ4n) is 2.57. The van der Waals surface area contributed by atoms with E-state index >= 15 is 0 Å². The van der Waals surface area contributed by atoms with E-state index in [1.165, 1.54) is 6.08 Å². The van der Waals surface area contributed by atoms with Gasteiger partial charge in [0.25, 0.3) is 0 Å². The monoisotopic (exact) mass is 341 g/mol. The van der Waals surface area contributed by atoms with Gasteiger partial charge in [0.15, 0.2) is 0 Å². The Labute approximate surface area is 144 Å². The van der Waals surface area contributed by atoms with Gasteiger partial charge in [-0.3, -0.25) is 9.48 Å². The number of hydrogen-bond acceptors (Lipinski definition) is 4. The molecule has 0 saturated carbocycles. The molecule has 1 atom stereocenters. The van der Waals surface area contributed by atoms with Crippen LogP contribution in [0.2, 0.25) is 0 Å². The van der Waals surface area contributed by atoms with Gasteiger partial charge in [-0.1, -0.05) is 0 Å². The number of nitrogens with one attached hydrogen (secondary N) is 1. The molecule has 3 aromatic rings. The third-order valence-electron chi connectivity index (χ3n) is 3.68. The molecule has 0 spiro atoms. The van der Waals surface area contributed by atoms with Crippen molar-refractivity contribution in [2.75, 3.05) is 6.54 Å². The molecule has 0 fully saturated rings. The zero-order valence-electron chi connectivity index (χ0n) is 13.6. The fourth-order valence-corrected chi connectivity index (χ4v) is 3.28. The van der Waals surface area contributed by atoms with Gasteiger partial charge >= 0.3 is 0 Å². The summed E-state index contributed by atoms with van der Waals surface area (Å²) in [6.07, 6.45) is 4.70. The van der Waals surface area contributed by atoms with Gasteiger partial charge in [0.1, 0.15) is 5.76 Å². The lowest BCUT2D eigenvalue weighted by Gasteiger charge is -2.18. The van der Waals surface area contributed by atoms with Crippen molar-refractivity contribution in [2.45, 2.75) is 19.9 Å². The molecule has 3 rings (SSSR count). The maximum absolute atomic E-state index is 12.1. The molecule has 0 aliphatic rings. The second kappa shape index (κ2) is 7.31. The summed E-state index contributed by atoms with van der Waals surface area (Å²) in [5.41, 5.74) is 3.18. The van der Waals surface area contributed by atoms with Crippen LogP contribution in [0.5, 0.6) is 0 Å². The molecule has 1 N–H and O–H groups in total. The lowest BCUT2D eigenvalue weighted by atomic mass is 10.1. The Morgan fingerprint density at radius 2 is 2.33 bits per heavy atom. The molecule has 0 aromatic carbocycles. The van der Waals surface area contributed by atoms with Crippen LogP contribution in [0.4, 0.5) is 0 Å². The Hall–Kier alpha value is -2.60. The molecule has 1 unspecified atom stereocenters. The van der Waals surface area contributed by atoms with Gasteiger partial charge in [0, 0.05) is 18.3 Å². The van der Waals surface area contributed by atoms with E-state index in [4.69, 9.17) is 4.42 Å². The van der Waals surface area contributed by atoms with E-state index in [2.05, 4.69) is 21.9 Å². The van der Waals surface area contributed by atoms with Crippen molar-refractivity contribution in [2.24, 2.45) is 0 Å². The molecule has 6 heteroatoms. The summed E-state index contributed by atoms with van der Waals surface area (Å²) < 4.78 is 7.14. The topological polar surface area (TPSA) is 60.1 Å². The first kappa shape index (κ1) is 16.3. The number of carbonyl (C=O) groups is 1. The Kier molecular flexibility index (Phi) is 4.96. The Morgan fingerprint density at radius 3 is 2.96 bits per heavy atom. The highest BCUT2D eigenvalue weighted by Crippen LogP contribution is 2.22. The summed E-state index contributed by atoms with van der Waals surface area (Å²) in [4.78, 5) is 12.1. The predicted octanol–water partition coefficient (Wildman–Crippen LogP) is 3.57. The minimum absolute atomic E-state index is 0.0223. The Bertz CT molecular complexity index is 817. The third kappa shape index (κ3) is 3.83. The van der Waals surface area contributed by atoms with E-state index in [0.717, 1.165) is 17.0 Å². The van der Waals surface area contributed by atoms with Gasteiger partial charge < -0.3 is 9.73 Å². The van der Waals surface area contributed by atoms with E-state index in [-0.39, 0.29) is 11.9 Å². The molecule has 0 aliphatic carbocycles. The lowest BCUT2D eigenvalue weighted by Crippen LogP contribution is -2.30. The molecule has 1 amide bonds. The molecular weight excluding hydrogens is 322 g/mol. The quantitative estimate of drug-likeness (QED) is 0.697. The molecule has 124 valence electrons. The number of furan rings is 1. The van der Waals surface area contributed by atoms with Crippen molar-refractivity contribution in [1.82, 2.24) is 15.1 Å². The van der Waals surface area contributed by atoms with E-state index in [9.17, 15) is 4.79 Å². The summed E-state index contributed by atoms with van der Waals surface area (Å²) in [5, 5.41) is 11.6. The standard InChI is InChI=1S/C18H19N3O2S/c1-13-10-14(2)21(20-13)17(15-7-9-24-12-15)11-19-18(22)6-5-16-4-3-8-23-16/h3-10,12,17H,11H2,1-2H3,(H,19,22). The number of nitrogens with zero attached hydrogens (tertiary/aromatic N) is 2. The molecule has 3 aromatic heterocycles. The van der Waals surface area contributed by atoms with E-state index in [0.29, 0.717) is 12.3 Å². The van der Waals surface area contributed by atoms with Crippen LogP contribution >= 0.6 is 11.3 Å². The van der Waals surface area contributed by atoms with Crippen LogP contribution in [0, 0.1) is 13.8 Å². The van der Waals surface area contributed by atoms with Crippen molar-refractivity contribution >= 4 is 23.3 Å². The first-order chi connectivity index (χ1) is 11.6. The first-order valence-corrected chi connectivity index (χ1v) is 8.62. The molecule has 24 heavy (non-hydrogen) atoms. The molecule has 0 radical (unpaired) electrons. The molecule has 0 aliphatic heterocycles. The van der Waals surface area contributed by atoms with Gasteiger partial charge in [0.2, 0.25) is 5.91 Å². The van der Waals surface area contributed by atoms with Crippen LogP contribution in [0.3, 0.4) is 0 Å². The zero-order chi connectivity index (χ0) is 16.9. The summed E-state index contributed by atoms with van der Waals surface area (Å²) in [6, 6.07) is 7.67. The summed E-state index contributed by atoms with van der Waals surface area (Å²) in [7, 11) is 0. The summed E-state index contributed by atoms with van der Waals surface area (Å²) in [6.45, 7) is 4.47. The molecule has 5 nitrogen and oxygen atoms in total. The van der Waals surface area contributed by atoms with Crippen LogP contribution in [-0.2, 0) is 4.79 Å². The Balaban J connectivity index is 1.71. The van der Waals surface area contributed by atoms with Crippen molar-refractivity contribution in [3.05, 3.63) is 70.1 Å². The maximum Gasteiger partial charge on any atom is 0.244 e. The van der Waals surface area contributed by atoms with Gasteiger partial charge in [-0.15, -0.1) is 0 Å². The van der Waals surface area contributed by atoms with Crippen LogP contribution in [-0.4, -0.2) is 22.2 Å². The van der Waals surface area contributed by atoms with Crippen molar-refractivity contribution < 1.29 is 9.21 Å². The minimum atomic E-state index is -0.159. The number of carbonyl (C=O) groups excluding carboxylic acids is 1. The average Bonchev–Trinajstić information content (AvgIpc) is 3.29. The number of aryl methyl sites for hydroxylation is 2. The van der Waals surface area contributed by atoms with Gasteiger partial charge in [-0.2, -0.15) is 16.4 Å². The number of rotatable bonds is 6. The molecular formula is C18H19N3O2S. The Morgan fingerprint density at radius 1 is 1.46 bits per heavy atom. The predicted molar refractivity (Wildman–Crippen MR) is 94.9 cm³/mol. The molecule has 0 bridgehead atoms. The largest absolute Gasteiger partial charge is 0.465 e. The van der Waals surface area contributed by atoms with E-state index in [1.807, 2.05) is 30.0 Å². The summed E-state index contributed by atoms with van der Waals surface area (Å²) in [5.74, 6) is 0.492. The van der Waals surface area contributed by atoms with Crippen LogP contribution in [0.25, 0.3) is 6.08 Å². The minimum Gasteiger partial charge on any atom is -0.465 e. The van der Waals surface area contributed by atoms with Crippen molar-refractivity contribution in [3.8, 4) is 0 Å². The highest BCUT2D eigenvalue weighted by atomic mass is 32.1. The molecule has 0 saturated heterocycles. The van der Waals surface area contributed by atoms with Crippen LogP contribution in [0.15, 0.2) is 51.8 Å². The number of aromatic nitrogens is 2. The van der Waals surface area contributed by atoms with Gasteiger partial charge in [-0.25, -0.2) is 0 Å². The maximum atomic E-state index is 12.1. The average molecular weight is 341 g/mol. The highest BCUT2D eigenvalue weighted by Gasteiger charge is 2.18. The SMILES string of the molecule is Cc1cc(C)n(C(CNC(=O)C=Cc2ccco2)c2ccsc2)n1. The first-order valence-electron chi connectivity index (χ1n) is 7.68. The number of thiophene rings is 1. The fraction of sp³-hybridized carbons (Fsp3) is 0.222.